The summed E-state index contributed by atoms with van der Waals surface area (Å²) in [4.78, 5) is 2.52. The summed E-state index contributed by atoms with van der Waals surface area (Å²) in [7, 11) is 0. The topological polar surface area (TPSA) is 16.4 Å². The summed E-state index contributed by atoms with van der Waals surface area (Å²) in [6.45, 7) is 4.46. The molecule has 0 radical (unpaired) electrons. The van der Waals surface area contributed by atoms with Crippen LogP contribution in [0.1, 0.15) is 31.2 Å². The van der Waals surface area contributed by atoms with E-state index in [1.807, 2.05) is 6.07 Å². The van der Waals surface area contributed by atoms with Crippen LogP contribution in [0, 0.1) is 6.92 Å². The fourth-order valence-corrected chi connectivity index (χ4v) is 2.87. The highest BCUT2D eigenvalue weighted by atomic mass is 16.3. The molecule has 0 unspecified atom stereocenters. The van der Waals surface area contributed by atoms with E-state index in [-0.39, 0.29) is 0 Å². The average Bonchev–Trinajstić information content (AvgIpc) is 2.82. The molecule has 3 rings (SSSR count). The van der Waals surface area contributed by atoms with E-state index in [4.69, 9.17) is 4.42 Å². The smallest absolute Gasteiger partial charge is 0.135 e. The van der Waals surface area contributed by atoms with Crippen molar-refractivity contribution in [3.05, 3.63) is 42.2 Å². The van der Waals surface area contributed by atoms with E-state index in [2.05, 4.69) is 36.1 Å². The molecule has 19 heavy (non-hydrogen) atoms. The van der Waals surface area contributed by atoms with Gasteiger partial charge in [-0.25, -0.2) is 0 Å². The van der Waals surface area contributed by atoms with Gasteiger partial charge in [-0.2, -0.15) is 0 Å². The molecule has 0 N–H and O–H groups in total. The van der Waals surface area contributed by atoms with Gasteiger partial charge in [0.1, 0.15) is 5.76 Å². The highest BCUT2D eigenvalue weighted by Crippen LogP contribution is 2.33. The lowest BCUT2D eigenvalue weighted by atomic mass is 10.1. The number of benzene rings is 1. The minimum atomic E-state index is 0.975. The highest BCUT2D eigenvalue weighted by molar-refractivity contribution is 5.76. The Morgan fingerprint density at radius 2 is 1.79 bits per heavy atom. The predicted molar refractivity (Wildman–Crippen MR) is 79.6 cm³/mol. The second-order valence-electron chi connectivity index (χ2n) is 5.40. The largest absolute Gasteiger partial charge is 0.464 e. The van der Waals surface area contributed by atoms with Crippen LogP contribution in [-0.4, -0.2) is 13.1 Å². The normalized spacial score (nSPS) is 16.4. The Hall–Kier alpha value is -1.70. The maximum Gasteiger partial charge on any atom is 0.135 e. The van der Waals surface area contributed by atoms with Crippen LogP contribution in [0.2, 0.25) is 0 Å². The van der Waals surface area contributed by atoms with Crippen LogP contribution in [0.5, 0.6) is 0 Å². The molecule has 0 amide bonds. The van der Waals surface area contributed by atoms with Crippen molar-refractivity contribution >= 4 is 5.69 Å². The molecule has 1 aromatic heterocycles. The highest BCUT2D eigenvalue weighted by Gasteiger charge is 2.15. The minimum Gasteiger partial charge on any atom is -0.464 e. The van der Waals surface area contributed by atoms with Gasteiger partial charge in [0, 0.05) is 24.3 Å². The van der Waals surface area contributed by atoms with E-state index in [1.54, 1.807) is 6.26 Å². The lowest BCUT2D eigenvalue weighted by molar-refractivity contribution is 0.582. The van der Waals surface area contributed by atoms with Gasteiger partial charge in [-0.05, 0) is 44.0 Å². The summed E-state index contributed by atoms with van der Waals surface area (Å²) in [6.07, 6.45) is 7.07. The van der Waals surface area contributed by atoms with Crippen LogP contribution < -0.4 is 4.90 Å². The first-order valence-electron chi connectivity index (χ1n) is 7.24. The number of hydrogen-bond donors (Lipinski definition) is 0. The van der Waals surface area contributed by atoms with Crippen LogP contribution in [-0.2, 0) is 0 Å². The van der Waals surface area contributed by atoms with Crippen molar-refractivity contribution in [1.29, 1.82) is 0 Å². The number of hydrogen-bond acceptors (Lipinski definition) is 2. The molecule has 1 aliphatic heterocycles. The number of aryl methyl sites for hydroxylation is 1. The van der Waals surface area contributed by atoms with Gasteiger partial charge in [-0.3, -0.25) is 0 Å². The third-order valence-corrected chi connectivity index (χ3v) is 3.89. The molecule has 2 heteroatoms. The van der Waals surface area contributed by atoms with Crippen molar-refractivity contribution in [3.8, 4) is 11.3 Å². The monoisotopic (exact) mass is 255 g/mol. The van der Waals surface area contributed by atoms with Crippen LogP contribution in [0.3, 0.4) is 0 Å². The van der Waals surface area contributed by atoms with Crippen molar-refractivity contribution in [2.45, 2.75) is 32.6 Å². The lowest BCUT2D eigenvalue weighted by Crippen LogP contribution is -2.24. The molecule has 1 aromatic carbocycles. The molecule has 100 valence electrons. The first kappa shape index (κ1) is 12.3. The second-order valence-corrected chi connectivity index (χ2v) is 5.40. The van der Waals surface area contributed by atoms with E-state index >= 15 is 0 Å². The summed E-state index contributed by atoms with van der Waals surface area (Å²) in [5.41, 5.74) is 3.83. The van der Waals surface area contributed by atoms with Gasteiger partial charge in [0.25, 0.3) is 0 Å². The van der Waals surface area contributed by atoms with Gasteiger partial charge in [0.2, 0.25) is 0 Å². The van der Waals surface area contributed by atoms with Crippen LogP contribution >= 0.6 is 0 Å². The average molecular weight is 255 g/mol. The predicted octanol–water partition coefficient (Wildman–Crippen LogP) is 4.64. The lowest BCUT2D eigenvalue weighted by Gasteiger charge is -2.25. The molecule has 0 spiro atoms. The molecule has 2 heterocycles. The first-order chi connectivity index (χ1) is 9.34. The molecule has 0 aliphatic carbocycles. The maximum absolute atomic E-state index is 5.61. The Morgan fingerprint density at radius 1 is 1.00 bits per heavy atom. The SMILES string of the molecule is Cc1ccc(N2CCCCCC2)c(-c2ccco2)c1. The second kappa shape index (κ2) is 5.52. The molecular formula is C17H21NO. The van der Waals surface area contributed by atoms with Crippen LogP contribution in [0.4, 0.5) is 5.69 Å². The molecule has 1 aliphatic rings. The van der Waals surface area contributed by atoms with E-state index < -0.39 is 0 Å². The number of rotatable bonds is 2. The minimum absolute atomic E-state index is 0.975. The third-order valence-electron chi connectivity index (χ3n) is 3.89. The van der Waals surface area contributed by atoms with Gasteiger partial charge in [0.15, 0.2) is 0 Å². The van der Waals surface area contributed by atoms with Gasteiger partial charge >= 0.3 is 0 Å². The van der Waals surface area contributed by atoms with Crippen LogP contribution in [0.25, 0.3) is 11.3 Å². The zero-order valence-electron chi connectivity index (χ0n) is 11.6. The molecule has 2 nitrogen and oxygen atoms in total. The Balaban J connectivity index is 2.00. The Labute approximate surface area is 115 Å². The molecule has 0 atom stereocenters. The Kier molecular flexibility index (Phi) is 3.58. The van der Waals surface area contributed by atoms with Gasteiger partial charge < -0.3 is 9.32 Å². The molecule has 1 saturated heterocycles. The summed E-state index contributed by atoms with van der Waals surface area (Å²) >= 11 is 0. The summed E-state index contributed by atoms with van der Waals surface area (Å²) in [5, 5.41) is 0. The third kappa shape index (κ3) is 2.67. The fourth-order valence-electron chi connectivity index (χ4n) is 2.87. The van der Waals surface area contributed by atoms with Gasteiger partial charge in [-0.15, -0.1) is 0 Å². The van der Waals surface area contributed by atoms with Crippen molar-refractivity contribution in [2.75, 3.05) is 18.0 Å². The van der Waals surface area contributed by atoms with Crippen molar-refractivity contribution in [1.82, 2.24) is 0 Å². The number of nitrogens with zero attached hydrogens (tertiary/aromatic N) is 1. The zero-order chi connectivity index (χ0) is 13.1. The summed E-state index contributed by atoms with van der Waals surface area (Å²) in [6, 6.07) is 10.7. The molecule has 2 aromatic rings. The Bertz CT molecular complexity index is 522. The van der Waals surface area contributed by atoms with E-state index in [0.29, 0.717) is 0 Å². The number of anilines is 1. The van der Waals surface area contributed by atoms with E-state index in [1.165, 1.54) is 42.5 Å². The molecular weight excluding hydrogens is 234 g/mol. The quantitative estimate of drug-likeness (QED) is 0.777. The number of furan rings is 1. The Morgan fingerprint density at radius 3 is 2.47 bits per heavy atom. The van der Waals surface area contributed by atoms with Gasteiger partial charge in [-0.1, -0.05) is 24.5 Å². The van der Waals surface area contributed by atoms with Crippen molar-refractivity contribution in [2.24, 2.45) is 0 Å². The van der Waals surface area contributed by atoms with Crippen LogP contribution in [0.15, 0.2) is 41.0 Å². The first-order valence-corrected chi connectivity index (χ1v) is 7.24. The van der Waals surface area contributed by atoms with Crippen molar-refractivity contribution < 1.29 is 4.42 Å². The summed E-state index contributed by atoms with van der Waals surface area (Å²) < 4.78 is 5.61. The maximum atomic E-state index is 5.61. The van der Waals surface area contributed by atoms with Crippen molar-refractivity contribution in [3.63, 3.8) is 0 Å². The standard InChI is InChI=1S/C17H21NO/c1-14-8-9-16(18-10-4-2-3-5-11-18)15(13-14)17-7-6-12-19-17/h6-9,12-13H,2-5,10-11H2,1H3. The van der Waals surface area contributed by atoms with E-state index in [0.717, 1.165) is 18.8 Å². The molecule has 1 fully saturated rings. The van der Waals surface area contributed by atoms with Gasteiger partial charge in [0.05, 0.1) is 6.26 Å². The van der Waals surface area contributed by atoms with E-state index in [9.17, 15) is 0 Å². The molecule has 0 saturated carbocycles. The fraction of sp³-hybridized carbons (Fsp3) is 0.412. The molecule has 0 bridgehead atoms. The summed E-state index contributed by atoms with van der Waals surface area (Å²) in [5.74, 6) is 0.975. The zero-order valence-corrected chi connectivity index (χ0v) is 11.6.